The van der Waals surface area contributed by atoms with E-state index < -0.39 is 5.97 Å². The fraction of sp³-hybridized carbons (Fsp3) is 0.750. The van der Waals surface area contributed by atoms with Gasteiger partial charge in [0.2, 0.25) is 0 Å². The topological polar surface area (TPSA) is 37.3 Å². The fourth-order valence-corrected chi connectivity index (χ4v) is 0.333. The molecule has 0 saturated carbocycles. The molecule has 0 fully saturated rings. The third-order valence-electron chi connectivity index (χ3n) is 2.66. The van der Waals surface area contributed by atoms with E-state index in [1.54, 1.807) is 13.8 Å². The SMILES string of the molecule is C[C-](C)C(=O)O.C[CH-]C(C)(C)C(C)C.[Y+3]. The van der Waals surface area contributed by atoms with Gasteiger partial charge in [-0.05, 0) is 0 Å². The van der Waals surface area contributed by atoms with Gasteiger partial charge in [-0.1, -0.05) is 33.6 Å². The van der Waals surface area contributed by atoms with E-state index in [9.17, 15) is 4.79 Å². The van der Waals surface area contributed by atoms with Crippen molar-refractivity contribution in [2.75, 3.05) is 0 Å². The minimum absolute atomic E-state index is 0. The van der Waals surface area contributed by atoms with Crippen LogP contribution in [0.3, 0.4) is 0 Å². The van der Waals surface area contributed by atoms with Gasteiger partial charge < -0.3 is 11.5 Å². The molecule has 0 aliphatic rings. The molecule has 0 unspecified atom stereocenters. The molecule has 0 aromatic heterocycles. The third-order valence-corrected chi connectivity index (χ3v) is 2.66. The van der Waals surface area contributed by atoms with Gasteiger partial charge in [-0.15, -0.1) is 0 Å². The second-order valence-corrected chi connectivity index (χ2v) is 4.57. The van der Waals surface area contributed by atoms with Gasteiger partial charge in [0.25, 0.3) is 0 Å². The van der Waals surface area contributed by atoms with Crippen LogP contribution in [0, 0.1) is 23.7 Å². The van der Waals surface area contributed by atoms with E-state index in [-0.39, 0.29) is 32.7 Å². The van der Waals surface area contributed by atoms with Crippen molar-refractivity contribution in [3.05, 3.63) is 12.3 Å². The number of carboxylic acid groups (broad SMARTS) is 1. The van der Waals surface area contributed by atoms with Crippen molar-refractivity contribution in [2.45, 2.75) is 48.5 Å². The molecular formula is C12H24O2Y+. The van der Waals surface area contributed by atoms with Crippen molar-refractivity contribution in [1.82, 2.24) is 0 Å². The Labute approximate surface area is 120 Å². The molecule has 0 aromatic rings. The normalized spacial score (nSPS) is 9.87. The molecule has 0 saturated heterocycles. The van der Waals surface area contributed by atoms with Gasteiger partial charge >= 0.3 is 32.7 Å². The zero-order chi connectivity index (χ0) is 11.9. The standard InChI is InChI=1S/C8H17.C4H7O2.Y/c1-6-8(4,5)7(2)3;1-3(2)4(5)6;/h6-7H,1-5H3;1-2H3,(H,5,6);/q2*-1;+3. The van der Waals surface area contributed by atoms with Crippen LogP contribution in [0.25, 0.3) is 0 Å². The Balaban J connectivity index is -0.000000187. The van der Waals surface area contributed by atoms with Gasteiger partial charge in [-0.25, -0.2) is 0 Å². The van der Waals surface area contributed by atoms with Gasteiger partial charge in [0.05, 0.1) is 0 Å². The second-order valence-electron chi connectivity index (χ2n) is 4.57. The number of carboxylic acids is 1. The Bertz CT molecular complexity index is 163. The predicted molar refractivity (Wildman–Crippen MR) is 60.8 cm³/mol. The maximum Gasteiger partial charge on any atom is 3.00 e. The number of hydrogen-bond acceptors (Lipinski definition) is 1. The van der Waals surface area contributed by atoms with Crippen molar-refractivity contribution in [2.24, 2.45) is 11.3 Å². The number of hydrogen-bond donors (Lipinski definition) is 1. The largest absolute Gasteiger partial charge is 3.00 e. The van der Waals surface area contributed by atoms with Gasteiger partial charge in [0.15, 0.2) is 5.97 Å². The Morgan fingerprint density at radius 2 is 1.60 bits per heavy atom. The maximum absolute atomic E-state index is 9.66. The Kier molecular flexibility index (Phi) is 13.4. The molecule has 0 atom stereocenters. The molecule has 3 heteroatoms. The number of rotatable bonds is 3. The first-order valence-corrected chi connectivity index (χ1v) is 4.99. The maximum atomic E-state index is 9.66. The van der Waals surface area contributed by atoms with E-state index >= 15 is 0 Å². The van der Waals surface area contributed by atoms with Crippen molar-refractivity contribution in [1.29, 1.82) is 0 Å². The van der Waals surface area contributed by atoms with E-state index in [1.807, 2.05) is 0 Å². The van der Waals surface area contributed by atoms with E-state index in [0.29, 0.717) is 11.3 Å². The predicted octanol–water partition coefficient (Wildman–Crippen LogP) is 3.58. The Hall–Kier alpha value is 0.444. The smallest absolute Gasteiger partial charge is 0.503 e. The van der Waals surface area contributed by atoms with E-state index in [1.165, 1.54) is 0 Å². The molecule has 0 amide bonds. The summed E-state index contributed by atoms with van der Waals surface area (Å²) >= 11 is 0. The van der Waals surface area contributed by atoms with Crippen LogP contribution in [-0.4, -0.2) is 11.1 Å². The molecule has 0 aliphatic heterocycles. The minimum Gasteiger partial charge on any atom is -0.503 e. The average Bonchev–Trinajstić information content (AvgIpc) is 2.05. The van der Waals surface area contributed by atoms with Crippen LogP contribution < -0.4 is 0 Å². The van der Waals surface area contributed by atoms with Gasteiger partial charge in [-0.2, -0.15) is 26.2 Å². The number of aliphatic carboxylic acids is 1. The summed E-state index contributed by atoms with van der Waals surface area (Å²) in [5, 5.41) is 7.95. The van der Waals surface area contributed by atoms with Gasteiger partial charge in [0.1, 0.15) is 0 Å². The van der Waals surface area contributed by atoms with Gasteiger partial charge in [0, 0.05) is 0 Å². The van der Waals surface area contributed by atoms with Crippen LogP contribution in [-0.2, 0) is 37.5 Å². The summed E-state index contributed by atoms with van der Waals surface area (Å²) in [6, 6.07) is 0. The van der Waals surface area contributed by atoms with Crippen LogP contribution >= 0.6 is 0 Å². The van der Waals surface area contributed by atoms with E-state index in [4.69, 9.17) is 5.11 Å². The average molecular weight is 289 g/mol. The fourth-order valence-electron chi connectivity index (χ4n) is 0.333. The molecule has 0 rings (SSSR count). The minimum atomic E-state index is -0.824. The van der Waals surface area contributed by atoms with Crippen molar-refractivity contribution < 1.29 is 42.6 Å². The van der Waals surface area contributed by atoms with Crippen LogP contribution in [0.15, 0.2) is 0 Å². The molecular weight excluding hydrogens is 265 g/mol. The molecule has 0 bridgehead atoms. The van der Waals surface area contributed by atoms with Crippen LogP contribution in [0.5, 0.6) is 0 Å². The Morgan fingerprint density at radius 3 is 1.60 bits per heavy atom. The van der Waals surface area contributed by atoms with E-state index in [0.717, 1.165) is 5.92 Å². The number of carbonyl (C=O) groups is 1. The molecule has 1 N–H and O–H groups in total. The van der Waals surface area contributed by atoms with Crippen molar-refractivity contribution in [3.63, 3.8) is 0 Å². The van der Waals surface area contributed by atoms with Crippen LogP contribution in [0.1, 0.15) is 48.5 Å². The molecule has 86 valence electrons. The summed E-state index contributed by atoms with van der Waals surface area (Å²) in [4.78, 5) is 9.66. The zero-order valence-corrected chi connectivity index (χ0v) is 13.9. The first kappa shape index (κ1) is 20.8. The first-order chi connectivity index (χ1) is 6.15. The molecule has 0 aliphatic carbocycles. The zero-order valence-electron chi connectivity index (χ0n) is 11.1. The summed E-state index contributed by atoms with van der Waals surface area (Å²) in [5.41, 5.74) is 0.417. The quantitative estimate of drug-likeness (QED) is 0.806. The molecule has 2 nitrogen and oxygen atoms in total. The third kappa shape index (κ3) is 12.4. The molecule has 0 spiro atoms. The van der Waals surface area contributed by atoms with Crippen LogP contribution in [0.2, 0.25) is 0 Å². The molecule has 15 heavy (non-hydrogen) atoms. The second kappa shape index (κ2) is 9.65. The van der Waals surface area contributed by atoms with Crippen molar-refractivity contribution in [3.8, 4) is 0 Å². The van der Waals surface area contributed by atoms with Gasteiger partial charge in [-0.3, -0.25) is 10.7 Å². The molecule has 0 aromatic carbocycles. The van der Waals surface area contributed by atoms with Crippen molar-refractivity contribution >= 4 is 5.97 Å². The van der Waals surface area contributed by atoms with Crippen LogP contribution in [0.4, 0.5) is 0 Å². The first-order valence-electron chi connectivity index (χ1n) is 4.99. The summed E-state index contributed by atoms with van der Waals surface area (Å²) in [6.45, 7) is 14.3. The molecule has 0 heterocycles. The monoisotopic (exact) mass is 289 g/mol. The Morgan fingerprint density at radius 1 is 1.33 bits per heavy atom. The summed E-state index contributed by atoms with van der Waals surface area (Å²) in [6.07, 6.45) is 2.26. The summed E-state index contributed by atoms with van der Waals surface area (Å²) in [5.74, 6) is 0.359. The van der Waals surface area contributed by atoms with E-state index in [2.05, 4.69) is 41.0 Å². The molecule has 0 radical (unpaired) electrons. The summed E-state index contributed by atoms with van der Waals surface area (Å²) < 4.78 is 0. The summed E-state index contributed by atoms with van der Waals surface area (Å²) in [7, 11) is 0.